The van der Waals surface area contributed by atoms with Gasteiger partial charge in [0, 0.05) is 24.7 Å². The Morgan fingerprint density at radius 1 is 1.52 bits per heavy atom. The summed E-state index contributed by atoms with van der Waals surface area (Å²) in [4.78, 5) is 18.3. The minimum atomic E-state index is -0.528. The molecule has 7 heteroatoms. The highest BCUT2D eigenvalue weighted by Gasteiger charge is 2.28. The summed E-state index contributed by atoms with van der Waals surface area (Å²) in [6.07, 6.45) is 3.22. The molecule has 1 aliphatic heterocycles. The normalized spacial score (nSPS) is 17.6. The number of thiazole rings is 1. The van der Waals surface area contributed by atoms with E-state index < -0.39 is 5.82 Å². The van der Waals surface area contributed by atoms with Gasteiger partial charge in [0.2, 0.25) is 5.91 Å². The quantitative estimate of drug-likeness (QED) is 0.939. The average molecular weight is 330 g/mol. The summed E-state index contributed by atoms with van der Waals surface area (Å²) in [7, 11) is 0. The number of nitriles is 1. The number of amides is 1. The molecular formula is C16H15FN4OS. The zero-order valence-corrected chi connectivity index (χ0v) is 13.1. The van der Waals surface area contributed by atoms with E-state index in [1.165, 1.54) is 17.4 Å². The molecule has 1 amide bonds. The lowest BCUT2D eigenvalue weighted by Gasteiger charge is -2.34. The van der Waals surface area contributed by atoms with E-state index in [9.17, 15) is 14.4 Å². The molecule has 2 aromatic rings. The summed E-state index contributed by atoms with van der Waals surface area (Å²) in [6, 6.07) is 6.51. The second-order valence-electron chi connectivity index (χ2n) is 5.36. The van der Waals surface area contributed by atoms with Crippen LogP contribution in [0.2, 0.25) is 0 Å². The summed E-state index contributed by atoms with van der Waals surface area (Å²) in [5, 5.41) is 14.4. The predicted octanol–water partition coefficient (Wildman–Crippen LogP) is 3.01. The monoisotopic (exact) mass is 330 g/mol. The van der Waals surface area contributed by atoms with Crippen LogP contribution >= 0.6 is 11.3 Å². The highest BCUT2D eigenvalue weighted by molar-refractivity contribution is 7.13. The summed E-state index contributed by atoms with van der Waals surface area (Å²) >= 11 is 1.37. The van der Waals surface area contributed by atoms with Crippen molar-refractivity contribution in [1.29, 1.82) is 5.26 Å². The minimum Gasteiger partial charge on any atom is -0.370 e. The van der Waals surface area contributed by atoms with E-state index >= 15 is 0 Å². The number of aromatic nitrogens is 1. The van der Waals surface area contributed by atoms with Crippen LogP contribution < -0.4 is 10.2 Å². The van der Waals surface area contributed by atoms with Gasteiger partial charge in [-0.2, -0.15) is 5.26 Å². The molecule has 1 atom stereocenters. The number of halogens is 1. The summed E-state index contributed by atoms with van der Waals surface area (Å²) < 4.78 is 13.8. The van der Waals surface area contributed by atoms with Crippen LogP contribution in [0.4, 0.5) is 15.2 Å². The number of anilines is 2. The van der Waals surface area contributed by atoms with Crippen molar-refractivity contribution in [2.75, 3.05) is 23.3 Å². The zero-order chi connectivity index (χ0) is 16.2. The maximum atomic E-state index is 13.8. The molecule has 0 aliphatic carbocycles. The number of hydrogen-bond acceptors (Lipinski definition) is 5. The van der Waals surface area contributed by atoms with Crippen molar-refractivity contribution in [3.8, 4) is 6.07 Å². The van der Waals surface area contributed by atoms with Crippen molar-refractivity contribution < 1.29 is 9.18 Å². The number of hydrogen-bond donors (Lipinski definition) is 1. The number of nitrogens with one attached hydrogen (secondary N) is 1. The second kappa shape index (κ2) is 6.75. The first kappa shape index (κ1) is 15.4. The predicted molar refractivity (Wildman–Crippen MR) is 86.8 cm³/mol. The van der Waals surface area contributed by atoms with Gasteiger partial charge in [-0.15, -0.1) is 11.3 Å². The Kier molecular flexibility index (Phi) is 4.53. The van der Waals surface area contributed by atoms with E-state index in [0.29, 0.717) is 23.9 Å². The first-order chi connectivity index (χ1) is 11.2. The molecule has 3 rings (SSSR count). The highest BCUT2D eigenvalue weighted by atomic mass is 32.1. The standard InChI is InChI=1S/C16H15FN4OS/c17-13-4-1-5-14(12(13)9-18)21-7-2-3-11(10-21)15(22)20-16-19-6-8-23-16/h1,4-6,8,11H,2-3,7,10H2,(H,19,20,22). The molecule has 1 saturated heterocycles. The lowest BCUT2D eigenvalue weighted by molar-refractivity contribution is -0.120. The van der Waals surface area contributed by atoms with Gasteiger partial charge < -0.3 is 10.2 Å². The molecule has 1 N–H and O–H groups in total. The molecule has 5 nitrogen and oxygen atoms in total. The highest BCUT2D eigenvalue weighted by Crippen LogP contribution is 2.28. The molecule has 118 valence electrons. The lowest BCUT2D eigenvalue weighted by Crippen LogP contribution is -2.41. The van der Waals surface area contributed by atoms with Crippen LogP contribution in [0.25, 0.3) is 0 Å². The third-order valence-electron chi connectivity index (χ3n) is 3.90. The number of carbonyl (C=O) groups excluding carboxylic acids is 1. The maximum absolute atomic E-state index is 13.8. The van der Waals surface area contributed by atoms with Crippen molar-refractivity contribution in [3.05, 3.63) is 41.2 Å². The fourth-order valence-electron chi connectivity index (χ4n) is 2.79. The van der Waals surface area contributed by atoms with Gasteiger partial charge in [-0.25, -0.2) is 9.37 Å². The molecule has 23 heavy (non-hydrogen) atoms. The Hall–Kier alpha value is -2.46. The van der Waals surface area contributed by atoms with E-state index in [0.717, 1.165) is 12.8 Å². The van der Waals surface area contributed by atoms with Crippen LogP contribution in [0.1, 0.15) is 18.4 Å². The molecule has 1 fully saturated rings. The number of benzene rings is 1. The molecule has 1 aromatic carbocycles. The summed E-state index contributed by atoms with van der Waals surface area (Å²) in [5.74, 6) is -0.818. The fraction of sp³-hybridized carbons (Fsp3) is 0.312. The van der Waals surface area contributed by atoms with Gasteiger partial charge in [0.05, 0.1) is 11.6 Å². The van der Waals surface area contributed by atoms with E-state index in [1.54, 1.807) is 23.7 Å². The molecule has 1 unspecified atom stereocenters. The molecule has 0 spiro atoms. The van der Waals surface area contributed by atoms with Crippen molar-refractivity contribution in [3.63, 3.8) is 0 Å². The van der Waals surface area contributed by atoms with Crippen molar-refractivity contribution in [1.82, 2.24) is 4.98 Å². The maximum Gasteiger partial charge on any atom is 0.231 e. The van der Waals surface area contributed by atoms with Gasteiger partial charge in [-0.3, -0.25) is 4.79 Å². The summed E-state index contributed by atoms with van der Waals surface area (Å²) in [6.45, 7) is 1.18. The Labute approximate surface area is 137 Å². The number of nitrogens with zero attached hydrogens (tertiary/aromatic N) is 3. The number of carbonyl (C=O) groups is 1. The van der Waals surface area contributed by atoms with Gasteiger partial charge in [0.15, 0.2) is 5.13 Å². The molecule has 0 bridgehead atoms. The Balaban J connectivity index is 1.75. The van der Waals surface area contributed by atoms with Crippen LogP contribution in [0.15, 0.2) is 29.8 Å². The first-order valence-corrected chi connectivity index (χ1v) is 8.21. The van der Waals surface area contributed by atoms with Crippen LogP contribution in [0.3, 0.4) is 0 Å². The lowest BCUT2D eigenvalue weighted by atomic mass is 9.96. The van der Waals surface area contributed by atoms with E-state index in [1.807, 2.05) is 11.0 Å². The summed E-state index contributed by atoms with van der Waals surface area (Å²) in [5.41, 5.74) is 0.590. The Morgan fingerprint density at radius 2 is 2.39 bits per heavy atom. The van der Waals surface area contributed by atoms with Crippen LogP contribution in [-0.4, -0.2) is 24.0 Å². The third kappa shape index (κ3) is 3.32. The van der Waals surface area contributed by atoms with Crippen molar-refractivity contribution >= 4 is 28.1 Å². The van der Waals surface area contributed by atoms with Crippen molar-refractivity contribution in [2.24, 2.45) is 5.92 Å². The second-order valence-corrected chi connectivity index (χ2v) is 6.25. The fourth-order valence-corrected chi connectivity index (χ4v) is 3.32. The van der Waals surface area contributed by atoms with Gasteiger partial charge >= 0.3 is 0 Å². The minimum absolute atomic E-state index is 0.0356. The first-order valence-electron chi connectivity index (χ1n) is 7.33. The topological polar surface area (TPSA) is 69.0 Å². The van der Waals surface area contributed by atoms with E-state index in [4.69, 9.17) is 0 Å². The smallest absolute Gasteiger partial charge is 0.231 e. The molecular weight excluding hydrogens is 315 g/mol. The van der Waals surface area contributed by atoms with E-state index in [-0.39, 0.29) is 17.4 Å². The molecule has 1 aromatic heterocycles. The van der Waals surface area contributed by atoms with Crippen LogP contribution in [0, 0.1) is 23.1 Å². The Bertz CT molecular complexity index is 741. The zero-order valence-electron chi connectivity index (χ0n) is 12.3. The van der Waals surface area contributed by atoms with Gasteiger partial charge in [0.25, 0.3) is 0 Å². The molecule has 1 aliphatic rings. The van der Waals surface area contributed by atoms with Gasteiger partial charge in [0.1, 0.15) is 17.4 Å². The van der Waals surface area contributed by atoms with Crippen LogP contribution in [0.5, 0.6) is 0 Å². The molecule has 2 heterocycles. The largest absolute Gasteiger partial charge is 0.370 e. The van der Waals surface area contributed by atoms with Crippen molar-refractivity contribution in [2.45, 2.75) is 12.8 Å². The number of piperidine rings is 1. The van der Waals surface area contributed by atoms with Crippen LogP contribution in [-0.2, 0) is 4.79 Å². The SMILES string of the molecule is N#Cc1c(F)cccc1N1CCCC(C(=O)Nc2nccs2)C1. The molecule has 0 saturated carbocycles. The number of rotatable bonds is 3. The molecule has 0 radical (unpaired) electrons. The van der Waals surface area contributed by atoms with Gasteiger partial charge in [-0.05, 0) is 25.0 Å². The van der Waals surface area contributed by atoms with E-state index in [2.05, 4.69) is 10.3 Å². The van der Waals surface area contributed by atoms with Gasteiger partial charge in [-0.1, -0.05) is 6.07 Å². The third-order valence-corrected chi connectivity index (χ3v) is 4.59. The Morgan fingerprint density at radius 3 is 3.13 bits per heavy atom. The average Bonchev–Trinajstić information content (AvgIpc) is 3.07.